The van der Waals surface area contributed by atoms with E-state index in [2.05, 4.69) is 20.6 Å². The quantitative estimate of drug-likeness (QED) is 0.232. The second-order valence-corrected chi connectivity index (χ2v) is 7.93. The first-order valence-corrected chi connectivity index (χ1v) is 11.3. The fraction of sp³-hybridized carbons (Fsp3) is 0.208. The molecule has 0 aliphatic carbocycles. The molecule has 41 heavy (non-hydrogen) atoms. The van der Waals surface area contributed by atoms with Crippen LogP contribution in [0.2, 0.25) is 0 Å². The standard InChI is InChI=1S/C22H18F3N5O4.C2HF3O2/c23-22(24,25)15-16(12-4-2-1-3-5-12)29-33-18(15)21-28-19(30-34-21)14-8-6-13(7-9-14)17(31)20(32)27-11-10-26;3-2(4,5)1(6)7/h1-9,17,31H,10-11,26H2,(H,27,32);(H,6,7). The smallest absolute Gasteiger partial charge is 0.475 e. The van der Waals surface area contributed by atoms with E-state index in [1.807, 2.05) is 0 Å². The molecule has 0 fully saturated rings. The van der Waals surface area contributed by atoms with Crippen molar-refractivity contribution in [1.29, 1.82) is 0 Å². The highest BCUT2D eigenvalue weighted by atomic mass is 19.4. The molecule has 11 nitrogen and oxygen atoms in total. The topological polar surface area (TPSA) is 178 Å². The van der Waals surface area contributed by atoms with Crippen LogP contribution in [0.1, 0.15) is 17.2 Å². The molecule has 4 aromatic rings. The number of hydrogen-bond donors (Lipinski definition) is 4. The number of rotatable bonds is 7. The molecule has 4 rings (SSSR count). The Morgan fingerprint density at radius 3 is 2.07 bits per heavy atom. The number of alkyl halides is 6. The summed E-state index contributed by atoms with van der Waals surface area (Å²) in [7, 11) is 0. The van der Waals surface area contributed by atoms with Crippen molar-refractivity contribution < 1.29 is 55.2 Å². The normalized spacial score (nSPS) is 12.3. The molecule has 2 heterocycles. The molecule has 0 aliphatic heterocycles. The molecule has 0 spiro atoms. The number of aliphatic hydroxyl groups excluding tert-OH is 1. The maximum Gasteiger partial charge on any atom is 0.490 e. The second-order valence-electron chi connectivity index (χ2n) is 7.93. The minimum absolute atomic E-state index is 0.0191. The summed E-state index contributed by atoms with van der Waals surface area (Å²) >= 11 is 0. The van der Waals surface area contributed by atoms with Crippen molar-refractivity contribution in [3.63, 3.8) is 0 Å². The SMILES string of the molecule is NCCNC(=O)C(O)c1ccc(-c2noc(-c3onc(-c4ccccc4)c3C(F)(F)F)n2)cc1.O=C(O)C(F)(F)F. The summed E-state index contributed by atoms with van der Waals surface area (Å²) in [6, 6.07) is 13.7. The fourth-order valence-electron chi connectivity index (χ4n) is 3.18. The Morgan fingerprint density at radius 2 is 1.54 bits per heavy atom. The third kappa shape index (κ3) is 7.67. The molecular weight excluding hydrogens is 568 g/mol. The van der Waals surface area contributed by atoms with Crippen molar-refractivity contribution in [2.45, 2.75) is 18.5 Å². The number of hydrogen-bond acceptors (Lipinski definition) is 9. The molecule has 0 radical (unpaired) electrons. The largest absolute Gasteiger partial charge is 0.490 e. The van der Waals surface area contributed by atoms with Gasteiger partial charge in [-0.05, 0) is 5.56 Å². The summed E-state index contributed by atoms with van der Waals surface area (Å²) in [6.45, 7) is 0.443. The van der Waals surface area contributed by atoms with Crippen molar-refractivity contribution in [1.82, 2.24) is 20.6 Å². The van der Waals surface area contributed by atoms with Crippen LogP contribution in [0, 0.1) is 0 Å². The fourth-order valence-corrected chi connectivity index (χ4v) is 3.18. The van der Waals surface area contributed by atoms with Gasteiger partial charge in [-0.15, -0.1) is 0 Å². The van der Waals surface area contributed by atoms with Gasteiger partial charge in [-0.3, -0.25) is 4.79 Å². The van der Waals surface area contributed by atoms with Crippen molar-refractivity contribution in [2.24, 2.45) is 5.73 Å². The van der Waals surface area contributed by atoms with Gasteiger partial charge in [0, 0.05) is 24.2 Å². The van der Waals surface area contributed by atoms with Gasteiger partial charge in [-0.25, -0.2) is 4.79 Å². The predicted molar refractivity (Wildman–Crippen MR) is 126 cm³/mol. The summed E-state index contributed by atoms with van der Waals surface area (Å²) < 4.78 is 83.3. The maximum absolute atomic E-state index is 13.9. The van der Waals surface area contributed by atoms with Crippen molar-refractivity contribution in [3.05, 3.63) is 65.7 Å². The number of nitrogens with one attached hydrogen (secondary N) is 1. The molecule has 218 valence electrons. The number of nitrogens with zero attached hydrogens (tertiary/aromatic N) is 3. The Morgan fingerprint density at radius 1 is 0.927 bits per heavy atom. The molecule has 1 amide bonds. The van der Waals surface area contributed by atoms with Gasteiger partial charge in [0.05, 0.1) is 0 Å². The predicted octanol–water partition coefficient (Wildman–Crippen LogP) is 3.82. The van der Waals surface area contributed by atoms with Gasteiger partial charge in [-0.1, -0.05) is 64.9 Å². The zero-order valence-electron chi connectivity index (χ0n) is 20.4. The van der Waals surface area contributed by atoms with Crippen LogP contribution < -0.4 is 11.1 Å². The summed E-state index contributed by atoms with van der Waals surface area (Å²) in [5.74, 6) is -4.59. The van der Waals surface area contributed by atoms with Crippen molar-refractivity contribution in [3.8, 4) is 34.3 Å². The van der Waals surface area contributed by atoms with E-state index in [4.69, 9.17) is 24.7 Å². The number of carboxylic acid groups (broad SMARTS) is 1. The first kappa shape index (κ1) is 30.8. The number of aromatic nitrogens is 3. The Bertz CT molecular complexity index is 1470. The molecule has 17 heteroatoms. The number of carbonyl (C=O) groups excluding carboxylic acids is 1. The first-order valence-electron chi connectivity index (χ1n) is 11.3. The molecule has 0 bridgehead atoms. The van der Waals surface area contributed by atoms with Crippen molar-refractivity contribution in [2.75, 3.05) is 13.1 Å². The zero-order chi connectivity index (χ0) is 30.4. The van der Waals surface area contributed by atoms with E-state index in [9.17, 15) is 36.2 Å². The van der Waals surface area contributed by atoms with Gasteiger partial charge in [-0.2, -0.15) is 31.3 Å². The molecule has 5 N–H and O–H groups in total. The Labute approximate surface area is 225 Å². The average molecular weight is 587 g/mol. The van der Waals surface area contributed by atoms with Crippen molar-refractivity contribution >= 4 is 11.9 Å². The summed E-state index contributed by atoms with van der Waals surface area (Å²) in [5, 5.41) is 27.0. The van der Waals surface area contributed by atoms with E-state index in [0.717, 1.165) is 0 Å². The van der Waals surface area contributed by atoms with E-state index < -0.39 is 53.2 Å². The highest BCUT2D eigenvalue weighted by Gasteiger charge is 2.43. The van der Waals surface area contributed by atoms with Gasteiger partial charge >= 0.3 is 18.3 Å². The van der Waals surface area contributed by atoms with Crippen LogP contribution in [0.15, 0.2) is 63.6 Å². The van der Waals surface area contributed by atoms with Crippen LogP contribution >= 0.6 is 0 Å². The minimum Gasteiger partial charge on any atom is -0.475 e. The monoisotopic (exact) mass is 587 g/mol. The average Bonchev–Trinajstić information content (AvgIpc) is 3.59. The van der Waals surface area contributed by atoms with Gasteiger partial charge in [0.1, 0.15) is 11.3 Å². The Balaban J connectivity index is 0.000000587. The van der Waals surface area contributed by atoms with Crippen LogP contribution in [-0.2, 0) is 15.8 Å². The number of amides is 1. The molecule has 0 aliphatic rings. The molecule has 2 aromatic heterocycles. The minimum atomic E-state index is -5.08. The van der Waals surface area contributed by atoms with Crippen LogP contribution in [-0.4, -0.2) is 56.7 Å². The molecule has 1 unspecified atom stereocenters. The number of aliphatic carboxylic acids is 1. The zero-order valence-corrected chi connectivity index (χ0v) is 20.4. The molecular formula is C24H19F6N5O6. The number of benzene rings is 2. The molecule has 0 saturated carbocycles. The first-order chi connectivity index (χ1) is 19.2. The van der Waals surface area contributed by atoms with Crippen LogP contribution in [0.5, 0.6) is 0 Å². The van der Waals surface area contributed by atoms with E-state index in [1.54, 1.807) is 18.2 Å². The summed E-state index contributed by atoms with van der Waals surface area (Å²) in [6.07, 6.45) is -11.3. The van der Waals surface area contributed by atoms with Gasteiger partial charge in [0.25, 0.3) is 11.8 Å². The number of carboxylic acids is 1. The van der Waals surface area contributed by atoms with E-state index in [0.29, 0.717) is 11.1 Å². The number of aliphatic hydroxyl groups is 1. The molecule has 0 saturated heterocycles. The number of halogens is 6. The maximum atomic E-state index is 13.9. The lowest BCUT2D eigenvalue weighted by Crippen LogP contribution is -2.33. The van der Waals surface area contributed by atoms with Crippen LogP contribution in [0.25, 0.3) is 34.3 Å². The lowest BCUT2D eigenvalue weighted by molar-refractivity contribution is -0.192. The molecule has 1 atom stereocenters. The van der Waals surface area contributed by atoms with E-state index in [1.165, 1.54) is 36.4 Å². The van der Waals surface area contributed by atoms with Crippen LogP contribution in [0.4, 0.5) is 26.3 Å². The van der Waals surface area contributed by atoms with E-state index >= 15 is 0 Å². The van der Waals surface area contributed by atoms with E-state index in [-0.39, 0.29) is 24.5 Å². The number of nitrogens with two attached hydrogens (primary N) is 1. The highest BCUT2D eigenvalue weighted by molar-refractivity contribution is 5.82. The van der Waals surface area contributed by atoms with Gasteiger partial charge < -0.3 is 30.3 Å². The van der Waals surface area contributed by atoms with Gasteiger partial charge in [0.2, 0.25) is 11.6 Å². The number of carbonyl (C=O) groups is 2. The van der Waals surface area contributed by atoms with Crippen LogP contribution in [0.3, 0.4) is 0 Å². The second kappa shape index (κ2) is 12.6. The third-order valence-electron chi connectivity index (χ3n) is 5.06. The molecule has 2 aromatic carbocycles. The Kier molecular flexibility index (Phi) is 9.46. The third-order valence-corrected chi connectivity index (χ3v) is 5.06. The Hall–Kier alpha value is -4.77. The summed E-state index contributed by atoms with van der Waals surface area (Å²) in [4.78, 5) is 24.8. The van der Waals surface area contributed by atoms with Gasteiger partial charge in [0.15, 0.2) is 6.10 Å². The highest BCUT2D eigenvalue weighted by Crippen LogP contribution is 2.43. The summed E-state index contributed by atoms with van der Waals surface area (Å²) in [5.41, 5.74) is 4.68. The lowest BCUT2D eigenvalue weighted by Gasteiger charge is -2.11. The lowest BCUT2D eigenvalue weighted by atomic mass is 10.1.